The molecule has 0 saturated heterocycles. The molecule has 0 saturated carbocycles. The monoisotopic (exact) mass is 416 g/mol. The van der Waals surface area contributed by atoms with Crippen molar-refractivity contribution in [1.29, 1.82) is 0 Å². The first-order valence-electron chi connectivity index (χ1n) is 7.79. The van der Waals surface area contributed by atoms with Crippen molar-refractivity contribution in [1.82, 2.24) is 0 Å². The molecule has 148 valence electrons. The highest BCUT2D eigenvalue weighted by Crippen LogP contribution is 2.24. The lowest BCUT2D eigenvalue weighted by Crippen LogP contribution is -2.21. The summed E-state index contributed by atoms with van der Waals surface area (Å²) < 4.78 is 58.6. The number of benzene rings is 2. The molecule has 8 nitrogen and oxygen atoms in total. The summed E-state index contributed by atoms with van der Waals surface area (Å²) in [6.45, 7) is 1.03. The van der Waals surface area contributed by atoms with Crippen LogP contribution in [0.1, 0.15) is 5.56 Å². The van der Waals surface area contributed by atoms with Gasteiger partial charge >= 0.3 is 10.1 Å². The average Bonchev–Trinajstić information content (AvgIpc) is 2.59. The maximum atomic E-state index is 12.5. The van der Waals surface area contributed by atoms with Crippen molar-refractivity contribution >= 4 is 20.0 Å². The van der Waals surface area contributed by atoms with Gasteiger partial charge < -0.3 is 19.1 Å². The molecular formula is C17H20O8S2. The van der Waals surface area contributed by atoms with E-state index in [4.69, 9.17) is 14.0 Å². The number of aliphatic hydroxyl groups is 2. The minimum absolute atomic E-state index is 0.00692. The zero-order chi connectivity index (χ0) is 20.2. The number of hydrogen-bond donors (Lipinski definition) is 2. The third-order valence-corrected chi connectivity index (χ3v) is 5.74. The van der Waals surface area contributed by atoms with Crippen LogP contribution < -0.4 is 8.92 Å². The Morgan fingerprint density at radius 3 is 2.07 bits per heavy atom. The van der Waals surface area contributed by atoms with Gasteiger partial charge in [0.25, 0.3) is 0 Å². The van der Waals surface area contributed by atoms with Crippen LogP contribution in [-0.4, -0.2) is 52.6 Å². The number of sulfone groups is 1. The second-order valence-corrected chi connectivity index (χ2v) is 9.47. The van der Waals surface area contributed by atoms with Crippen molar-refractivity contribution in [2.45, 2.75) is 22.8 Å². The molecule has 2 rings (SSSR count). The van der Waals surface area contributed by atoms with E-state index in [1.807, 2.05) is 0 Å². The molecule has 0 radical (unpaired) electrons. The second-order valence-electron chi connectivity index (χ2n) is 5.91. The molecule has 0 heterocycles. The molecule has 0 aliphatic rings. The Morgan fingerprint density at radius 1 is 0.963 bits per heavy atom. The van der Waals surface area contributed by atoms with Crippen LogP contribution in [-0.2, 0) is 20.0 Å². The van der Waals surface area contributed by atoms with Crippen molar-refractivity contribution in [3.63, 3.8) is 0 Å². The number of rotatable bonds is 8. The van der Waals surface area contributed by atoms with Gasteiger partial charge in [-0.15, -0.1) is 0 Å². The Hall–Kier alpha value is -2.14. The predicted molar refractivity (Wildman–Crippen MR) is 97.1 cm³/mol. The van der Waals surface area contributed by atoms with Gasteiger partial charge in [0.05, 0.1) is 11.5 Å². The van der Waals surface area contributed by atoms with Crippen LogP contribution in [0, 0.1) is 6.92 Å². The first-order valence-corrected chi connectivity index (χ1v) is 11.1. The lowest BCUT2D eigenvalue weighted by Gasteiger charge is -2.11. The summed E-state index contributed by atoms with van der Waals surface area (Å²) in [5.74, 6) is 0.356. The van der Waals surface area contributed by atoms with E-state index in [9.17, 15) is 21.9 Å². The highest BCUT2D eigenvalue weighted by Gasteiger charge is 2.20. The molecule has 0 amide bonds. The van der Waals surface area contributed by atoms with E-state index in [0.29, 0.717) is 11.3 Å². The maximum absolute atomic E-state index is 12.5. The molecule has 0 bridgehead atoms. The second kappa shape index (κ2) is 8.26. The minimum atomic E-state index is -4.24. The van der Waals surface area contributed by atoms with Crippen molar-refractivity contribution < 1.29 is 36.0 Å². The van der Waals surface area contributed by atoms with Gasteiger partial charge in [0, 0.05) is 6.26 Å². The summed E-state index contributed by atoms with van der Waals surface area (Å²) in [5.41, 5.74) is 0.464. The highest BCUT2D eigenvalue weighted by molar-refractivity contribution is 7.90. The fourth-order valence-corrected chi connectivity index (χ4v) is 3.96. The quantitative estimate of drug-likeness (QED) is 0.608. The summed E-state index contributed by atoms with van der Waals surface area (Å²) in [6.07, 6.45) is -0.0301. The first kappa shape index (κ1) is 21.2. The van der Waals surface area contributed by atoms with E-state index in [1.54, 1.807) is 6.92 Å². The third-order valence-electron chi connectivity index (χ3n) is 3.42. The number of aliphatic hydroxyl groups excluding tert-OH is 2. The average molecular weight is 416 g/mol. The Bertz CT molecular complexity index is 996. The molecule has 1 unspecified atom stereocenters. The maximum Gasteiger partial charge on any atom is 0.339 e. The van der Waals surface area contributed by atoms with Crippen LogP contribution in [0.25, 0.3) is 0 Å². The molecule has 2 N–H and O–H groups in total. The van der Waals surface area contributed by atoms with Gasteiger partial charge in [0.2, 0.25) is 0 Å². The number of ether oxygens (including phenoxy) is 1. The zero-order valence-electron chi connectivity index (χ0n) is 14.7. The molecule has 10 heteroatoms. The third kappa shape index (κ3) is 5.93. The summed E-state index contributed by atoms with van der Waals surface area (Å²) in [7, 11) is -7.82. The van der Waals surface area contributed by atoms with E-state index in [2.05, 4.69) is 0 Å². The predicted octanol–water partition coefficient (Wildman–Crippen LogP) is 0.898. The summed E-state index contributed by atoms with van der Waals surface area (Å²) in [4.78, 5) is -0.384. The fourth-order valence-electron chi connectivity index (χ4n) is 2.08. The van der Waals surface area contributed by atoms with E-state index in [1.165, 1.54) is 36.4 Å². The molecule has 0 spiro atoms. The standard InChI is InChI=1S/C17H20O8S2/c1-12-7-16(26(2,20)21)9-17(8-12)27(22,23)25-15-5-3-14(4-6-15)24-11-13(19)10-18/h3-9,13,18-19H,10-11H2,1-2H3. The van der Waals surface area contributed by atoms with Crippen LogP contribution in [0.4, 0.5) is 0 Å². The van der Waals surface area contributed by atoms with Crippen LogP contribution >= 0.6 is 0 Å². The van der Waals surface area contributed by atoms with Gasteiger partial charge in [-0.05, 0) is 55.0 Å². The summed E-state index contributed by atoms with van der Waals surface area (Å²) in [6, 6.07) is 9.32. The largest absolute Gasteiger partial charge is 0.491 e. The molecule has 0 aromatic heterocycles. The molecule has 27 heavy (non-hydrogen) atoms. The van der Waals surface area contributed by atoms with Gasteiger partial charge in [-0.2, -0.15) is 8.42 Å². The van der Waals surface area contributed by atoms with Crippen molar-refractivity contribution in [3.05, 3.63) is 48.0 Å². The van der Waals surface area contributed by atoms with Crippen molar-refractivity contribution in [2.24, 2.45) is 0 Å². The lowest BCUT2D eigenvalue weighted by molar-refractivity contribution is 0.0536. The normalized spacial score (nSPS) is 13.2. The first-order chi connectivity index (χ1) is 12.5. The molecule has 2 aromatic carbocycles. The Labute approximate surface area is 158 Å². The summed E-state index contributed by atoms with van der Waals surface area (Å²) >= 11 is 0. The zero-order valence-corrected chi connectivity index (χ0v) is 16.3. The lowest BCUT2D eigenvalue weighted by atomic mass is 10.2. The SMILES string of the molecule is Cc1cc(S(C)(=O)=O)cc(S(=O)(=O)Oc2ccc(OCC(O)CO)cc2)c1. The van der Waals surface area contributed by atoms with Gasteiger partial charge in [-0.3, -0.25) is 0 Å². The van der Waals surface area contributed by atoms with E-state index >= 15 is 0 Å². The van der Waals surface area contributed by atoms with E-state index < -0.39 is 32.7 Å². The van der Waals surface area contributed by atoms with Gasteiger partial charge in [0.1, 0.15) is 29.1 Å². The van der Waals surface area contributed by atoms with Gasteiger partial charge in [0.15, 0.2) is 9.84 Å². The molecule has 0 fully saturated rings. The minimum Gasteiger partial charge on any atom is -0.491 e. The Kier molecular flexibility index (Phi) is 6.47. The van der Waals surface area contributed by atoms with Gasteiger partial charge in [-0.25, -0.2) is 8.42 Å². The van der Waals surface area contributed by atoms with E-state index in [0.717, 1.165) is 12.3 Å². The van der Waals surface area contributed by atoms with Crippen molar-refractivity contribution in [2.75, 3.05) is 19.5 Å². The van der Waals surface area contributed by atoms with Crippen molar-refractivity contribution in [3.8, 4) is 11.5 Å². The molecular weight excluding hydrogens is 396 g/mol. The molecule has 1 atom stereocenters. The Morgan fingerprint density at radius 2 is 1.52 bits per heavy atom. The van der Waals surface area contributed by atoms with E-state index in [-0.39, 0.29) is 22.1 Å². The molecule has 0 aliphatic heterocycles. The van der Waals surface area contributed by atoms with Crippen LogP contribution in [0.5, 0.6) is 11.5 Å². The topological polar surface area (TPSA) is 127 Å². The Balaban J connectivity index is 2.20. The highest BCUT2D eigenvalue weighted by atomic mass is 32.2. The fraction of sp³-hybridized carbons (Fsp3) is 0.294. The molecule has 2 aromatic rings. The van der Waals surface area contributed by atoms with Crippen LogP contribution in [0.2, 0.25) is 0 Å². The number of hydrogen-bond acceptors (Lipinski definition) is 8. The van der Waals surface area contributed by atoms with Gasteiger partial charge in [-0.1, -0.05) is 0 Å². The molecule has 0 aliphatic carbocycles. The summed E-state index contributed by atoms with van der Waals surface area (Å²) in [5, 5.41) is 18.0. The van der Waals surface area contributed by atoms with Crippen LogP contribution in [0.3, 0.4) is 0 Å². The smallest absolute Gasteiger partial charge is 0.339 e. The number of aryl methyl sites for hydroxylation is 1. The van der Waals surface area contributed by atoms with Crippen LogP contribution in [0.15, 0.2) is 52.3 Å².